The van der Waals surface area contributed by atoms with Crippen LogP contribution in [0.25, 0.3) is 0 Å². The molecule has 4 rings (SSSR count). The maximum absolute atomic E-state index is 13.2. The van der Waals surface area contributed by atoms with Crippen LogP contribution in [0.3, 0.4) is 0 Å². The molecule has 2 amide bonds. The predicted molar refractivity (Wildman–Crippen MR) is 120 cm³/mol. The van der Waals surface area contributed by atoms with Crippen LogP contribution in [0.4, 0.5) is 24.5 Å². The average molecular weight is 502 g/mol. The van der Waals surface area contributed by atoms with Crippen LogP contribution in [-0.4, -0.2) is 45.3 Å². The Hall–Kier alpha value is -4.26. The van der Waals surface area contributed by atoms with Crippen molar-refractivity contribution in [3.8, 4) is 5.75 Å². The quantitative estimate of drug-likeness (QED) is 0.405. The zero-order valence-corrected chi connectivity index (χ0v) is 19.0. The van der Waals surface area contributed by atoms with E-state index in [9.17, 15) is 22.8 Å². The summed E-state index contributed by atoms with van der Waals surface area (Å²) in [7, 11) is 0. The van der Waals surface area contributed by atoms with Gasteiger partial charge in [-0.2, -0.15) is 0 Å². The Morgan fingerprint density at radius 1 is 1.19 bits per heavy atom. The lowest BCUT2D eigenvalue weighted by atomic mass is 10.1. The van der Waals surface area contributed by atoms with Gasteiger partial charge < -0.3 is 15.8 Å². The lowest BCUT2D eigenvalue weighted by Crippen LogP contribution is -2.31. The second-order valence-corrected chi connectivity index (χ2v) is 7.76. The largest absolute Gasteiger partial charge is 0.486 e. The van der Waals surface area contributed by atoms with Gasteiger partial charge in [-0.05, 0) is 25.1 Å². The van der Waals surface area contributed by atoms with E-state index in [1.54, 1.807) is 31.2 Å². The van der Waals surface area contributed by atoms with Crippen molar-refractivity contribution in [1.29, 1.82) is 0 Å². The number of alkyl halides is 2. The van der Waals surface area contributed by atoms with Crippen molar-refractivity contribution in [3.63, 3.8) is 0 Å². The van der Waals surface area contributed by atoms with Gasteiger partial charge in [0.25, 0.3) is 17.7 Å². The Morgan fingerprint density at radius 2 is 1.92 bits per heavy atom. The van der Waals surface area contributed by atoms with Crippen molar-refractivity contribution < 1.29 is 32.3 Å². The fourth-order valence-electron chi connectivity index (χ4n) is 3.20. The van der Waals surface area contributed by atoms with Crippen LogP contribution in [0.5, 0.6) is 5.75 Å². The number of hydrogen-bond donors (Lipinski definition) is 2. The Bertz CT molecular complexity index is 1270. The van der Waals surface area contributed by atoms with Gasteiger partial charge in [0.15, 0.2) is 11.6 Å². The van der Waals surface area contributed by atoms with Crippen molar-refractivity contribution in [1.82, 2.24) is 20.3 Å². The number of pyridine rings is 1. The van der Waals surface area contributed by atoms with Crippen LogP contribution >= 0.6 is 0 Å². The molecule has 1 fully saturated rings. The molecule has 36 heavy (non-hydrogen) atoms. The highest BCUT2D eigenvalue weighted by molar-refractivity contribution is 6.01. The maximum Gasteiger partial charge on any atom is 0.270 e. The number of anilines is 2. The zero-order chi connectivity index (χ0) is 25.9. The Kier molecular flexibility index (Phi) is 7.01. The first-order valence-corrected chi connectivity index (χ1v) is 10.8. The number of nitrogens with one attached hydrogen (secondary N) is 1. The fourth-order valence-corrected chi connectivity index (χ4v) is 3.20. The summed E-state index contributed by atoms with van der Waals surface area (Å²) in [5, 5.41) is 3.47. The molecule has 2 aromatic heterocycles. The van der Waals surface area contributed by atoms with Gasteiger partial charge in [-0.15, -0.1) is 0 Å². The molecule has 1 saturated carbocycles. The molecule has 188 valence electrons. The monoisotopic (exact) mass is 502 g/mol. The van der Waals surface area contributed by atoms with E-state index in [-0.39, 0.29) is 36.0 Å². The topological polar surface area (TPSA) is 133 Å². The average Bonchev–Trinajstić information content (AvgIpc) is 3.46. The number of hydrogen-bond acceptors (Lipinski definition) is 8. The van der Waals surface area contributed by atoms with Crippen molar-refractivity contribution in [2.24, 2.45) is 5.73 Å². The minimum absolute atomic E-state index is 0.0454. The molecule has 13 heteroatoms. The Morgan fingerprint density at radius 3 is 2.56 bits per heavy atom. The molecule has 2 heterocycles. The van der Waals surface area contributed by atoms with Gasteiger partial charge in [-0.3, -0.25) is 19.4 Å². The van der Waals surface area contributed by atoms with E-state index in [0.717, 1.165) is 18.6 Å². The maximum atomic E-state index is 13.2. The number of benzene rings is 1. The lowest BCUT2D eigenvalue weighted by molar-refractivity contribution is 0.0845. The Balaban J connectivity index is 1.62. The Labute approximate surface area is 203 Å². The molecule has 1 unspecified atom stereocenters. The SMILES string of the molecule is CCON(c1cccc(OCc2ncc(F)cn2)c1)c1cc(C(=O)NC2CC2(F)F)ncc1C(N)=O. The number of rotatable bonds is 10. The van der Waals surface area contributed by atoms with Crippen molar-refractivity contribution >= 4 is 23.2 Å². The summed E-state index contributed by atoms with van der Waals surface area (Å²) in [6.45, 7) is 1.81. The highest BCUT2D eigenvalue weighted by Gasteiger charge is 2.58. The van der Waals surface area contributed by atoms with Gasteiger partial charge in [0.05, 0.1) is 42.0 Å². The summed E-state index contributed by atoms with van der Waals surface area (Å²) in [6.07, 6.45) is 2.67. The van der Waals surface area contributed by atoms with Crippen LogP contribution in [0.1, 0.15) is 40.0 Å². The summed E-state index contributed by atoms with van der Waals surface area (Å²) < 4.78 is 45.2. The number of primary amides is 1. The van der Waals surface area contributed by atoms with Crippen molar-refractivity contribution in [2.45, 2.75) is 31.9 Å². The normalized spacial score (nSPS) is 15.7. The van der Waals surface area contributed by atoms with E-state index in [1.165, 1.54) is 11.1 Å². The lowest BCUT2D eigenvalue weighted by Gasteiger charge is -2.25. The number of aromatic nitrogens is 3. The molecule has 1 atom stereocenters. The molecule has 0 bridgehead atoms. The second kappa shape index (κ2) is 10.2. The third kappa shape index (κ3) is 5.68. The van der Waals surface area contributed by atoms with Gasteiger partial charge in [0, 0.05) is 18.7 Å². The smallest absolute Gasteiger partial charge is 0.270 e. The van der Waals surface area contributed by atoms with E-state index < -0.39 is 36.0 Å². The molecule has 0 saturated heterocycles. The molecule has 1 aromatic carbocycles. The molecular formula is C23H21F3N6O4. The summed E-state index contributed by atoms with van der Waals surface area (Å²) >= 11 is 0. The van der Waals surface area contributed by atoms with E-state index in [4.69, 9.17) is 15.3 Å². The number of carbonyl (C=O) groups excluding carboxylic acids is 2. The zero-order valence-electron chi connectivity index (χ0n) is 19.0. The molecule has 0 radical (unpaired) electrons. The first kappa shape index (κ1) is 24.9. The summed E-state index contributed by atoms with van der Waals surface area (Å²) in [6, 6.07) is 6.48. The number of ether oxygens (including phenoxy) is 1. The summed E-state index contributed by atoms with van der Waals surface area (Å²) in [4.78, 5) is 41.9. The van der Waals surface area contributed by atoms with Crippen LogP contribution in [0.15, 0.2) is 48.9 Å². The van der Waals surface area contributed by atoms with E-state index in [2.05, 4.69) is 20.3 Å². The van der Waals surface area contributed by atoms with Crippen LogP contribution in [0, 0.1) is 5.82 Å². The first-order valence-electron chi connectivity index (χ1n) is 10.8. The number of nitrogens with zero attached hydrogens (tertiary/aromatic N) is 4. The van der Waals surface area contributed by atoms with Gasteiger partial charge in [-0.1, -0.05) is 6.07 Å². The number of amides is 2. The number of halogens is 3. The van der Waals surface area contributed by atoms with E-state index in [0.29, 0.717) is 11.4 Å². The molecule has 0 spiro atoms. The van der Waals surface area contributed by atoms with Gasteiger partial charge in [-0.25, -0.2) is 28.2 Å². The minimum atomic E-state index is -2.96. The third-order valence-electron chi connectivity index (χ3n) is 5.08. The van der Waals surface area contributed by atoms with Crippen molar-refractivity contribution in [2.75, 3.05) is 11.7 Å². The van der Waals surface area contributed by atoms with E-state index in [1.807, 2.05) is 0 Å². The van der Waals surface area contributed by atoms with Gasteiger partial charge in [0.1, 0.15) is 18.1 Å². The minimum Gasteiger partial charge on any atom is -0.486 e. The molecule has 3 aromatic rings. The highest BCUT2D eigenvalue weighted by atomic mass is 19.3. The van der Waals surface area contributed by atoms with Gasteiger partial charge in [0.2, 0.25) is 0 Å². The van der Waals surface area contributed by atoms with Crippen LogP contribution in [-0.2, 0) is 11.4 Å². The number of carbonyl (C=O) groups is 2. The molecule has 10 nitrogen and oxygen atoms in total. The van der Waals surface area contributed by atoms with Crippen molar-refractivity contribution in [3.05, 3.63) is 71.8 Å². The molecule has 3 N–H and O–H groups in total. The van der Waals surface area contributed by atoms with Crippen LogP contribution < -0.4 is 20.9 Å². The second-order valence-electron chi connectivity index (χ2n) is 7.76. The molecule has 0 aliphatic heterocycles. The predicted octanol–water partition coefficient (Wildman–Crippen LogP) is 2.92. The van der Waals surface area contributed by atoms with E-state index >= 15 is 0 Å². The number of nitrogens with two attached hydrogens (primary N) is 1. The molecule has 1 aliphatic carbocycles. The van der Waals surface area contributed by atoms with Crippen LogP contribution in [0.2, 0.25) is 0 Å². The third-order valence-corrected chi connectivity index (χ3v) is 5.08. The standard InChI is InChI=1S/C23H21F3N6O4/c1-2-36-32(14-4-3-5-15(6-14)35-12-20-29-9-13(24)10-30-20)18-7-17(28-11-16(18)21(27)33)22(34)31-19-8-23(19,25)26/h3-7,9-11,19H,2,8,12H2,1H3,(H2,27,33)(H,31,34). The molecule has 1 aliphatic rings. The van der Waals surface area contributed by atoms with Gasteiger partial charge >= 0.3 is 0 Å². The summed E-state index contributed by atoms with van der Waals surface area (Å²) in [5.74, 6) is -4.58. The fraction of sp³-hybridized carbons (Fsp3) is 0.261. The highest BCUT2D eigenvalue weighted by Crippen LogP contribution is 2.41. The summed E-state index contributed by atoms with van der Waals surface area (Å²) in [5.41, 5.74) is 5.70. The molecular weight excluding hydrogens is 481 g/mol. The first-order chi connectivity index (χ1) is 17.2.